The van der Waals surface area contributed by atoms with Crippen molar-refractivity contribution in [2.75, 3.05) is 11.4 Å². The van der Waals surface area contributed by atoms with Crippen LogP contribution in [-0.2, 0) is 4.79 Å². The Bertz CT molecular complexity index is 489. The zero-order valence-electron chi connectivity index (χ0n) is 11.2. The highest BCUT2D eigenvalue weighted by atomic mass is 19.4. The summed E-state index contributed by atoms with van der Waals surface area (Å²) in [5.74, 6) is -0.760. The highest BCUT2D eigenvalue weighted by molar-refractivity contribution is 5.94. The van der Waals surface area contributed by atoms with Gasteiger partial charge >= 0.3 is 6.18 Å². The highest BCUT2D eigenvalue weighted by Gasteiger charge is 2.29. The molecule has 1 aromatic carbocycles. The maximum absolute atomic E-state index is 12.2. The predicted octanol–water partition coefficient (Wildman–Crippen LogP) is 2.50. The SMILES string of the molecule is NC(CCN(C(=O)CCC(F)(F)F)c1ccccc1)=NO. The first kappa shape index (κ1) is 16.8. The van der Waals surface area contributed by atoms with Gasteiger partial charge in [-0.1, -0.05) is 23.4 Å². The average Bonchev–Trinajstić information content (AvgIpc) is 2.45. The van der Waals surface area contributed by atoms with Crippen molar-refractivity contribution in [3.63, 3.8) is 0 Å². The zero-order valence-corrected chi connectivity index (χ0v) is 11.2. The molecule has 0 aliphatic heterocycles. The van der Waals surface area contributed by atoms with Crippen molar-refractivity contribution in [1.82, 2.24) is 0 Å². The van der Waals surface area contributed by atoms with Gasteiger partial charge in [0.2, 0.25) is 5.91 Å². The van der Waals surface area contributed by atoms with E-state index in [4.69, 9.17) is 10.9 Å². The summed E-state index contributed by atoms with van der Waals surface area (Å²) in [6, 6.07) is 8.28. The molecule has 0 aliphatic carbocycles. The average molecular weight is 303 g/mol. The van der Waals surface area contributed by atoms with Crippen molar-refractivity contribution < 1.29 is 23.2 Å². The van der Waals surface area contributed by atoms with Gasteiger partial charge in [0.05, 0.1) is 6.42 Å². The number of rotatable bonds is 6. The van der Waals surface area contributed by atoms with E-state index >= 15 is 0 Å². The minimum atomic E-state index is -4.39. The number of amides is 1. The van der Waals surface area contributed by atoms with E-state index in [-0.39, 0.29) is 18.8 Å². The van der Waals surface area contributed by atoms with Gasteiger partial charge in [-0.15, -0.1) is 0 Å². The van der Waals surface area contributed by atoms with E-state index < -0.39 is 24.9 Å². The number of anilines is 1. The van der Waals surface area contributed by atoms with Crippen molar-refractivity contribution >= 4 is 17.4 Å². The van der Waals surface area contributed by atoms with Gasteiger partial charge in [-0.3, -0.25) is 4.79 Å². The number of hydrogen-bond acceptors (Lipinski definition) is 3. The molecule has 0 saturated heterocycles. The van der Waals surface area contributed by atoms with Crippen LogP contribution < -0.4 is 10.6 Å². The molecule has 0 fully saturated rings. The number of carbonyl (C=O) groups is 1. The first-order valence-electron chi connectivity index (χ1n) is 6.22. The van der Waals surface area contributed by atoms with Gasteiger partial charge in [-0.05, 0) is 12.1 Å². The summed E-state index contributed by atoms with van der Waals surface area (Å²) in [6.07, 6.45) is -6.15. The molecule has 0 aliphatic rings. The molecule has 1 amide bonds. The molecule has 0 unspecified atom stereocenters. The first-order valence-corrected chi connectivity index (χ1v) is 6.22. The number of nitrogens with two attached hydrogens (primary N) is 1. The Balaban J connectivity index is 2.79. The van der Waals surface area contributed by atoms with E-state index in [2.05, 4.69) is 5.16 Å². The molecule has 5 nitrogen and oxygen atoms in total. The van der Waals surface area contributed by atoms with Gasteiger partial charge in [0.1, 0.15) is 5.84 Å². The van der Waals surface area contributed by atoms with Crippen molar-refractivity contribution in [1.29, 1.82) is 0 Å². The smallest absolute Gasteiger partial charge is 0.389 e. The van der Waals surface area contributed by atoms with E-state index in [9.17, 15) is 18.0 Å². The molecule has 3 N–H and O–H groups in total. The maximum atomic E-state index is 12.2. The lowest BCUT2D eigenvalue weighted by atomic mass is 10.2. The molecule has 116 valence electrons. The standard InChI is InChI=1S/C13H16F3N3O2/c14-13(15,16)8-6-12(20)19(9-7-11(17)18-21)10-4-2-1-3-5-10/h1-5,21H,6-9H2,(H2,17,18). The second kappa shape index (κ2) is 7.51. The molecule has 0 atom stereocenters. The minimum absolute atomic E-state index is 0.0383. The van der Waals surface area contributed by atoms with E-state index in [1.807, 2.05) is 0 Å². The summed E-state index contributed by atoms with van der Waals surface area (Å²) in [5.41, 5.74) is 5.79. The van der Waals surface area contributed by atoms with E-state index in [0.29, 0.717) is 5.69 Å². The molecule has 0 spiro atoms. The van der Waals surface area contributed by atoms with Gasteiger partial charge in [-0.2, -0.15) is 13.2 Å². The molecule has 0 bridgehead atoms. The summed E-state index contributed by atoms with van der Waals surface area (Å²) in [4.78, 5) is 13.2. The Labute approximate surface area is 119 Å². The lowest BCUT2D eigenvalue weighted by Crippen LogP contribution is -2.34. The van der Waals surface area contributed by atoms with Gasteiger partial charge in [0, 0.05) is 25.1 Å². The van der Waals surface area contributed by atoms with Crippen LogP contribution in [0.5, 0.6) is 0 Å². The number of para-hydroxylation sites is 1. The number of hydrogen-bond donors (Lipinski definition) is 2. The Hall–Kier alpha value is -2.25. The fraction of sp³-hybridized carbons (Fsp3) is 0.385. The summed E-state index contributed by atoms with van der Waals surface area (Å²) < 4.78 is 36.6. The number of oxime groups is 1. The fourth-order valence-electron chi connectivity index (χ4n) is 1.67. The van der Waals surface area contributed by atoms with E-state index in [1.165, 1.54) is 4.90 Å². The number of amidine groups is 1. The van der Waals surface area contributed by atoms with Gasteiger partial charge in [0.15, 0.2) is 0 Å². The second-order valence-electron chi connectivity index (χ2n) is 4.34. The van der Waals surface area contributed by atoms with Crippen molar-refractivity contribution in [3.05, 3.63) is 30.3 Å². The largest absolute Gasteiger partial charge is 0.409 e. The first-order chi connectivity index (χ1) is 9.83. The van der Waals surface area contributed by atoms with Crippen LogP contribution >= 0.6 is 0 Å². The fourth-order valence-corrected chi connectivity index (χ4v) is 1.67. The Kier molecular flexibility index (Phi) is 6.01. The minimum Gasteiger partial charge on any atom is -0.409 e. The summed E-state index contributed by atoms with van der Waals surface area (Å²) in [5, 5.41) is 11.3. The molecule has 1 aromatic rings. The van der Waals surface area contributed by atoms with Crippen molar-refractivity contribution in [2.45, 2.75) is 25.4 Å². The number of nitrogens with zero attached hydrogens (tertiary/aromatic N) is 2. The van der Waals surface area contributed by atoms with Crippen LogP contribution in [0.4, 0.5) is 18.9 Å². The van der Waals surface area contributed by atoms with E-state index in [1.54, 1.807) is 30.3 Å². The third-order valence-corrected chi connectivity index (χ3v) is 2.71. The number of carbonyl (C=O) groups excluding carboxylic acids is 1. The molecule has 21 heavy (non-hydrogen) atoms. The molecule has 1 rings (SSSR count). The number of benzene rings is 1. The lowest BCUT2D eigenvalue weighted by Gasteiger charge is -2.23. The van der Waals surface area contributed by atoms with Crippen LogP contribution in [0.1, 0.15) is 19.3 Å². The summed E-state index contributed by atoms with van der Waals surface area (Å²) in [6.45, 7) is 0.0383. The van der Waals surface area contributed by atoms with Crippen LogP contribution in [0.15, 0.2) is 35.5 Å². The third kappa shape index (κ3) is 6.15. The second-order valence-corrected chi connectivity index (χ2v) is 4.34. The lowest BCUT2D eigenvalue weighted by molar-refractivity contribution is -0.143. The Morgan fingerprint density at radius 1 is 1.24 bits per heavy atom. The molecule has 0 radical (unpaired) electrons. The summed E-state index contributed by atoms with van der Waals surface area (Å²) >= 11 is 0. The predicted molar refractivity (Wildman–Crippen MR) is 72.1 cm³/mol. The number of alkyl halides is 3. The Morgan fingerprint density at radius 3 is 2.38 bits per heavy atom. The highest BCUT2D eigenvalue weighted by Crippen LogP contribution is 2.23. The summed E-state index contributed by atoms with van der Waals surface area (Å²) in [7, 11) is 0. The normalized spacial score (nSPS) is 12.2. The Morgan fingerprint density at radius 2 is 1.86 bits per heavy atom. The molecule has 0 saturated carbocycles. The quantitative estimate of drug-likeness (QED) is 0.367. The topological polar surface area (TPSA) is 78.9 Å². The van der Waals surface area contributed by atoms with Crippen LogP contribution in [-0.4, -0.2) is 29.7 Å². The molecule has 0 aromatic heterocycles. The van der Waals surface area contributed by atoms with Gasteiger partial charge < -0.3 is 15.8 Å². The number of halogens is 3. The van der Waals surface area contributed by atoms with Crippen molar-refractivity contribution in [3.8, 4) is 0 Å². The zero-order chi connectivity index (χ0) is 15.9. The van der Waals surface area contributed by atoms with Crippen LogP contribution in [0, 0.1) is 0 Å². The third-order valence-electron chi connectivity index (χ3n) is 2.71. The van der Waals surface area contributed by atoms with E-state index in [0.717, 1.165) is 0 Å². The van der Waals surface area contributed by atoms with Crippen molar-refractivity contribution in [2.24, 2.45) is 10.9 Å². The van der Waals surface area contributed by atoms with Crippen LogP contribution in [0.25, 0.3) is 0 Å². The molecule has 8 heteroatoms. The van der Waals surface area contributed by atoms with Gasteiger partial charge in [-0.25, -0.2) is 0 Å². The molecule has 0 heterocycles. The molecular weight excluding hydrogens is 287 g/mol. The monoisotopic (exact) mass is 303 g/mol. The van der Waals surface area contributed by atoms with Crippen LogP contribution in [0.3, 0.4) is 0 Å². The molecular formula is C13H16F3N3O2. The maximum Gasteiger partial charge on any atom is 0.389 e. The van der Waals surface area contributed by atoms with Crippen LogP contribution in [0.2, 0.25) is 0 Å². The van der Waals surface area contributed by atoms with Gasteiger partial charge in [0.25, 0.3) is 0 Å².